The summed E-state index contributed by atoms with van der Waals surface area (Å²) in [5.74, 6) is 0. The zero-order valence-electron chi connectivity index (χ0n) is 26.9. The van der Waals surface area contributed by atoms with Gasteiger partial charge < -0.3 is 9.30 Å². The smallest absolute Gasteiger partial charge is 0.0468 e. The Labute approximate surface area is 296 Å². The van der Waals surface area contributed by atoms with E-state index >= 15 is 0 Å². The van der Waals surface area contributed by atoms with E-state index in [1.54, 1.807) is 0 Å². The Kier molecular flexibility index (Phi) is 6.03. The number of hydrogen-bond acceptors (Lipinski definition) is 3. The minimum Gasteiger partial charge on any atom is -0.323 e. The normalized spacial score (nSPS) is 12.0. The Morgan fingerprint density at radius 1 is 0.380 bits per heavy atom. The topological polar surface area (TPSA) is 7.65 Å². The number of thiophene rings is 2. The highest BCUT2D eigenvalue weighted by molar-refractivity contribution is 7.26. The lowest BCUT2D eigenvalue weighted by molar-refractivity contribution is 1.20. The van der Waals surface area contributed by atoms with Crippen LogP contribution in [0.25, 0.3) is 78.5 Å². The van der Waals surface area contributed by atoms with Crippen molar-refractivity contribution in [3.63, 3.8) is 0 Å². The molecule has 11 rings (SSSR count). The number of benzene rings is 7. The third kappa shape index (κ3) is 4.39. The first-order valence-electron chi connectivity index (χ1n) is 16.9. The molecule has 7 aromatic carbocycles. The van der Waals surface area contributed by atoms with E-state index in [-0.39, 0.29) is 0 Å². The molecule has 4 heteroatoms. The van der Waals surface area contributed by atoms with Gasteiger partial charge in [0.1, 0.15) is 0 Å². The summed E-state index contributed by atoms with van der Waals surface area (Å²) in [4.78, 5) is 2.41. The highest BCUT2D eigenvalue weighted by Crippen LogP contribution is 2.42. The molecule has 0 fully saturated rings. The Balaban J connectivity index is 1.08. The van der Waals surface area contributed by atoms with Gasteiger partial charge in [0.2, 0.25) is 0 Å². The Hall–Kier alpha value is -5.94. The molecule has 0 saturated carbocycles. The lowest BCUT2D eigenvalue weighted by Crippen LogP contribution is -2.09. The Bertz CT molecular complexity index is 2920. The predicted octanol–water partition coefficient (Wildman–Crippen LogP) is 14.1. The summed E-state index contributed by atoms with van der Waals surface area (Å²) in [7, 11) is 0. The van der Waals surface area contributed by atoms with E-state index in [1.165, 1.54) is 78.5 Å². The second kappa shape index (κ2) is 10.8. The lowest BCUT2D eigenvalue weighted by atomic mass is 10.0. The summed E-state index contributed by atoms with van der Waals surface area (Å²) in [6.07, 6.45) is 4.31. The van der Waals surface area contributed by atoms with Gasteiger partial charge in [0.15, 0.2) is 0 Å². The first-order valence-corrected chi connectivity index (χ1v) is 18.5. The lowest BCUT2D eigenvalue weighted by Gasteiger charge is -2.26. The summed E-state index contributed by atoms with van der Waals surface area (Å²) < 4.78 is 7.50. The molecule has 234 valence electrons. The highest BCUT2D eigenvalue weighted by Gasteiger charge is 2.16. The SMILES string of the molecule is c1ccc2c(c1)sc1cc3cc(N(c4ccc(-c5cc6ccccn6c5)cc4)c4ccc5cc6c(cc5c4)sc4ccccc46)ccc3cc12. The third-order valence-corrected chi connectivity index (χ3v) is 12.4. The maximum atomic E-state index is 2.41. The molecule has 4 heterocycles. The molecule has 0 aliphatic heterocycles. The number of pyridine rings is 1. The number of aromatic nitrogens is 1. The standard InChI is InChI=1S/C46H28N2S2/c1-3-10-43-39(8-1)41-24-30-14-18-37(21-32(30)26-45(41)49-43)48(35-16-12-29(13-17-35)34-23-36-7-5-6-20-47(36)28-34)38-19-15-31-25-42-40-9-2-4-11-44(40)50-46(42)27-33(31)22-38/h1-28H. The molecule has 2 nitrogen and oxygen atoms in total. The highest BCUT2D eigenvalue weighted by atomic mass is 32.1. The molecule has 4 aromatic heterocycles. The van der Waals surface area contributed by atoms with Gasteiger partial charge in [0.25, 0.3) is 0 Å². The van der Waals surface area contributed by atoms with Crippen molar-refractivity contribution in [3.05, 3.63) is 170 Å². The quantitative estimate of drug-likeness (QED) is 0.181. The van der Waals surface area contributed by atoms with Crippen molar-refractivity contribution in [2.45, 2.75) is 0 Å². The van der Waals surface area contributed by atoms with E-state index in [2.05, 4.69) is 179 Å². The zero-order valence-corrected chi connectivity index (χ0v) is 28.5. The van der Waals surface area contributed by atoms with Crippen LogP contribution in [0.5, 0.6) is 0 Å². The van der Waals surface area contributed by atoms with Crippen LogP contribution in [0.4, 0.5) is 17.1 Å². The van der Waals surface area contributed by atoms with Crippen LogP contribution in [0.2, 0.25) is 0 Å². The van der Waals surface area contributed by atoms with Crippen molar-refractivity contribution in [1.29, 1.82) is 0 Å². The molecule has 0 saturated heterocycles. The van der Waals surface area contributed by atoms with Crippen LogP contribution >= 0.6 is 22.7 Å². The van der Waals surface area contributed by atoms with Crippen molar-refractivity contribution in [2.24, 2.45) is 0 Å². The minimum atomic E-state index is 1.13. The number of hydrogen-bond donors (Lipinski definition) is 0. The first-order chi connectivity index (χ1) is 24.7. The zero-order chi connectivity index (χ0) is 32.8. The second-order valence-electron chi connectivity index (χ2n) is 13.1. The van der Waals surface area contributed by atoms with Crippen LogP contribution in [0.1, 0.15) is 0 Å². The van der Waals surface area contributed by atoms with Crippen molar-refractivity contribution < 1.29 is 0 Å². The van der Waals surface area contributed by atoms with E-state index in [0.717, 1.165) is 17.1 Å². The van der Waals surface area contributed by atoms with E-state index in [9.17, 15) is 0 Å². The molecule has 0 spiro atoms. The summed E-state index contributed by atoms with van der Waals surface area (Å²) in [5, 5.41) is 10.3. The summed E-state index contributed by atoms with van der Waals surface area (Å²) in [6.45, 7) is 0. The van der Waals surface area contributed by atoms with E-state index in [0.29, 0.717) is 0 Å². The fraction of sp³-hybridized carbons (Fsp3) is 0. The molecule has 0 atom stereocenters. The van der Waals surface area contributed by atoms with Gasteiger partial charge in [0, 0.05) is 80.9 Å². The maximum Gasteiger partial charge on any atom is 0.0468 e. The van der Waals surface area contributed by atoms with E-state index in [4.69, 9.17) is 0 Å². The molecule has 50 heavy (non-hydrogen) atoms. The van der Waals surface area contributed by atoms with Crippen LogP contribution in [-0.2, 0) is 0 Å². The van der Waals surface area contributed by atoms with Crippen LogP contribution in [-0.4, -0.2) is 4.40 Å². The number of anilines is 3. The Morgan fingerprint density at radius 3 is 1.54 bits per heavy atom. The predicted molar refractivity (Wildman–Crippen MR) is 218 cm³/mol. The van der Waals surface area contributed by atoms with Gasteiger partial charge in [-0.3, -0.25) is 0 Å². The fourth-order valence-electron chi connectivity index (χ4n) is 7.65. The van der Waals surface area contributed by atoms with Crippen molar-refractivity contribution >= 4 is 107 Å². The van der Waals surface area contributed by atoms with Gasteiger partial charge >= 0.3 is 0 Å². The Morgan fingerprint density at radius 2 is 0.940 bits per heavy atom. The molecule has 0 amide bonds. The van der Waals surface area contributed by atoms with Gasteiger partial charge in [-0.2, -0.15) is 0 Å². The van der Waals surface area contributed by atoms with Crippen molar-refractivity contribution in [3.8, 4) is 11.1 Å². The number of fused-ring (bicyclic) bond motifs is 9. The summed E-state index contributed by atoms with van der Waals surface area (Å²) in [6, 6.07) is 58.3. The van der Waals surface area contributed by atoms with Crippen LogP contribution in [0.3, 0.4) is 0 Å². The van der Waals surface area contributed by atoms with Crippen LogP contribution < -0.4 is 4.90 Å². The maximum absolute atomic E-state index is 2.41. The fourth-order valence-corrected chi connectivity index (χ4v) is 9.93. The first kappa shape index (κ1) is 28.0. The molecule has 0 unspecified atom stereocenters. The average molecular weight is 673 g/mol. The van der Waals surface area contributed by atoms with Crippen molar-refractivity contribution in [1.82, 2.24) is 4.40 Å². The molecule has 0 N–H and O–H groups in total. The molecule has 0 bridgehead atoms. The number of rotatable bonds is 4. The van der Waals surface area contributed by atoms with Crippen molar-refractivity contribution in [2.75, 3.05) is 4.90 Å². The largest absolute Gasteiger partial charge is 0.323 e. The molecule has 0 radical (unpaired) electrons. The molecule has 0 aliphatic carbocycles. The van der Waals surface area contributed by atoms with Gasteiger partial charge in [-0.25, -0.2) is 0 Å². The van der Waals surface area contributed by atoms with Crippen LogP contribution in [0.15, 0.2) is 170 Å². The van der Waals surface area contributed by atoms with Gasteiger partial charge in [-0.1, -0.05) is 66.7 Å². The molecule has 11 aromatic rings. The monoisotopic (exact) mass is 672 g/mol. The molecular formula is C46H28N2S2. The number of nitrogens with zero attached hydrogens (tertiary/aromatic N) is 2. The second-order valence-corrected chi connectivity index (χ2v) is 15.3. The minimum absolute atomic E-state index is 1.13. The van der Waals surface area contributed by atoms with Crippen LogP contribution in [0, 0.1) is 0 Å². The molecular weight excluding hydrogens is 645 g/mol. The van der Waals surface area contributed by atoms with Gasteiger partial charge in [-0.05, 0) is 118 Å². The van der Waals surface area contributed by atoms with E-state index < -0.39 is 0 Å². The van der Waals surface area contributed by atoms with E-state index in [1.807, 2.05) is 22.7 Å². The van der Waals surface area contributed by atoms with Gasteiger partial charge in [0.05, 0.1) is 0 Å². The average Bonchev–Trinajstić information content (AvgIpc) is 3.86. The molecule has 0 aliphatic rings. The van der Waals surface area contributed by atoms with Gasteiger partial charge in [-0.15, -0.1) is 22.7 Å². The summed E-state index contributed by atoms with van der Waals surface area (Å²) in [5.41, 5.74) is 7.02. The third-order valence-electron chi connectivity index (χ3n) is 10.1. The summed E-state index contributed by atoms with van der Waals surface area (Å²) >= 11 is 3.75.